The van der Waals surface area contributed by atoms with Crippen LogP contribution in [0.1, 0.15) is 19.3 Å². The van der Waals surface area contributed by atoms with Gasteiger partial charge in [0.15, 0.2) is 6.61 Å². The summed E-state index contributed by atoms with van der Waals surface area (Å²) in [6.07, 6.45) is 6.12. The van der Waals surface area contributed by atoms with Crippen LogP contribution in [-0.4, -0.2) is 26.9 Å². The number of nitrogens with one attached hydrogen (secondary N) is 1. The third-order valence-corrected chi connectivity index (χ3v) is 4.26. The number of benzene rings is 1. The first kappa shape index (κ1) is 17.2. The first-order valence-electron chi connectivity index (χ1n) is 7.09. The normalized spacial score (nSPS) is 17.0. The van der Waals surface area contributed by atoms with Crippen molar-refractivity contribution in [2.24, 2.45) is 11.1 Å². The van der Waals surface area contributed by atoms with Crippen molar-refractivity contribution in [1.82, 2.24) is 0 Å². The Balaban J connectivity index is 1.82. The molecule has 1 aromatic carbocycles. The highest BCUT2D eigenvalue weighted by Gasteiger charge is 2.16. The zero-order chi connectivity index (χ0) is 16.9. The van der Waals surface area contributed by atoms with Gasteiger partial charge in [0.1, 0.15) is 0 Å². The van der Waals surface area contributed by atoms with Crippen molar-refractivity contribution in [3.05, 3.63) is 36.4 Å². The van der Waals surface area contributed by atoms with Gasteiger partial charge in [-0.25, -0.2) is 13.6 Å². The summed E-state index contributed by atoms with van der Waals surface area (Å²) < 4.78 is 27.4. The van der Waals surface area contributed by atoms with Gasteiger partial charge in [-0.1, -0.05) is 18.2 Å². The summed E-state index contributed by atoms with van der Waals surface area (Å²) in [5, 5.41) is 7.47. The fraction of sp³-hybridized carbons (Fsp3) is 0.333. The Morgan fingerprint density at radius 1 is 1.35 bits per heavy atom. The lowest BCUT2D eigenvalue weighted by molar-refractivity contribution is -0.147. The molecular weight excluding hydrogens is 320 g/mol. The van der Waals surface area contributed by atoms with E-state index in [0.717, 1.165) is 12.8 Å². The van der Waals surface area contributed by atoms with Crippen LogP contribution in [0.15, 0.2) is 41.3 Å². The van der Waals surface area contributed by atoms with Gasteiger partial charge in [0.25, 0.3) is 5.91 Å². The van der Waals surface area contributed by atoms with Crippen molar-refractivity contribution in [3.8, 4) is 0 Å². The zero-order valence-corrected chi connectivity index (χ0v) is 13.2. The number of carbonyl (C=O) groups is 2. The molecule has 7 nitrogen and oxygen atoms in total. The molecule has 0 unspecified atom stereocenters. The molecule has 0 aliphatic heterocycles. The second kappa shape index (κ2) is 7.38. The Bertz CT molecular complexity index is 727. The monoisotopic (exact) mass is 338 g/mol. The molecule has 0 spiro atoms. The predicted molar refractivity (Wildman–Crippen MR) is 83.9 cm³/mol. The topological polar surface area (TPSA) is 116 Å². The highest BCUT2D eigenvalue weighted by atomic mass is 32.2. The Morgan fingerprint density at radius 2 is 2.13 bits per heavy atom. The molecule has 1 aliphatic rings. The van der Waals surface area contributed by atoms with Gasteiger partial charge in [0, 0.05) is 5.69 Å². The SMILES string of the molecule is NS(=O)(=O)c1cccc(NC(=O)COC(=O)C[C@H]2C=CCC2)c1. The predicted octanol–water partition coefficient (Wildman–Crippen LogP) is 1.17. The highest BCUT2D eigenvalue weighted by Crippen LogP contribution is 2.20. The van der Waals surface area contributed by atoms with Crippen LogP contribution in [0.3, 0.4) is 0 Å². The van der Waals surface area contributed by atoms with Crippen molar-refractivity contribution >= 4 is 27.6 Å². The van der Waals surface area contributed by atoms with E-state index in [9.17, 15) is 18.0 Å². The molecule has 124 valence electrons. The van der Waals surface area contributed by atoms with Gasteiger partial charge in [0.05, 0.1) is 11.3 Å². The molecule has 3 N–H and O–H groups in total. The lowest BCUT2D eigenvalue weighted by Crippen LogP contribution is -2.22. The van der Waals surface area contributed by atoms with Gasteiger partial charge in [-0.2, -0.15) is 0 Å². The quantitative estimate of drug-likeness (QED) is 0.597. The summed E-state index contributed by atoms with van der Waals surface area (Å²) in [6.45, 7) is -0.422. The second-order valence-corrected chi connectivity index (χ2v) is 6.81. The fourth-order valence-corrected chi connectivity index (χ4v) is 2.79. The van der Waals surface area contributed by atoms with Crippen LogP contribution in [0, 0.1) is 5.92 Å². The highest BCUT2D eigenvalue weighted by molar-refractivity contribution is 7.89. The van der Waals surface area contributed by atoms with Crippen molar-refractivity contribution in [3.63, 3.8) is 0 Å². The largest absolute Gasteiger partial charge is 0.456 e. The number of hydrogen-bond acceptors (Lipinski definition) is 5. The van der Waals surface area contributed by atoms with Gasteiger partial charge in [-0.05, 0) is 37.0 Å². The summed E-state index contributed by atoms with van der Waals surface area (Å²) in [5.74, 6) is -0.807. The molecule has 1 atom stereocenters. The van der Waals surface area contributed by atoms with Crippen LogP contribution in [0.2, 0.25) is 0 Å². The molecule has 2 rings (SSSR count). The van der Waals surface area contributed by atoms with Crippen LogP contribution in [0.25, 0.3) is 0 Å². The summed E-state index contributed by atoms with van der Waals surface area (Å²) in [6, 6.07) is 5.52. The van der Waals surface area contributed by atoms with E-state index in [1.165, 1.54) is 24.3 Å². The maximum Gasteiger partial charge on any atom is 0.306 e. The molecule has 1 aliphatic carbocycles. The molecule has 0 saturated carbocycles. The van der Waals surface area contributed by atoms with E-state index in [1.54, 1.807) is 0 Å². The maximum atomic E-state index is 11.7. The Morgan fingerprint density at radius 3 is 2.78 bits per heavy atom. The van der Waals surface area contributed by atoms with Crippen LogP contribution in [-0.2, 0) is 24.3 Å². The van der Waals surface area contributed by atoms with E-state index in [0.29, 0.717) is 0 Å². The van der Waals surface area contributed by atoms with E-state index in [4.69, 9.17) is 9.88 Å². The summed E-state index contributed by atoms with van der Waals surface area (Å²) >= 11 is 0. The van der Waals surface area contributed by atoms with Crippen molar-refractivity contribution in [2.45, 2.75) is 24.2 Å². The van der Waals surface area contributed by atoms with Gasteiger partial charge in [-0.15, -0.1) is 0 Å². The summed E-state index contributed by atoms with van der Waals surface area (Å²) in [4.78, 5) is 23.2. The molecule has 1 amide bonds. The van der Waals surface area contributed by atoms with Gasteiger partial charge >= 0.3 is 5.97 Å². The molecule has 0 heterocycles. The lowest BCUT2D eigenvalue weighted by atomic mass is 10.1. The Kier molecular flexibility index (Phi) is 5.51. The molecule has 8 heteroatoms. The number of esters is 1. The standard InChI is InChI=1S/C15H18N2O5S/c16-23(20,21)13-7-3-6-12(9-13)17-14(18)10-22-15(19)8-11-4-1-2-5-11/h1,3-4,6-7,9,11H,2,5,8,10H2,(H,17,18)(H2,16,20,21)/t11-/m0/s1. The fourth-order valence-electron chi connectivity index (χ4n) is 2.23. The number of allylic oxidation sites excluding steroid dienone is 2. The number of primary sulfonamides is 1. The minimum absolute atomic E-state index is 0.111. The average Bonchev–Trinajstić information content (AvgIpc) is 2.97. The van der Waals surface area contributed by atoms with Gasteiger partial charge in [0.2, 0.25) is 10.0 Å². The molecular formula is C15H18N2O5S. The number of sulfonamides is 1. The maximum absolute atomic E-state index is 11.7. The van der Waals surface area contributed by atoms with Gasteiger partial charge in [-0.3, -0.25) is 9.59 Å². The van der Waals surface area contributed by atoms with Crippen LogP contribution in [0.4, 0.5) is 5.69 Å². The Hall–Kier alpha value is -2.19. The molecule has 1 aromatic rings. The number of amides is 1. The van der Waals surface area contributed by atoms with E-state index in [-0.39, 0.29) is 22.9 Å². The average molecular weight is 338 g/mol. The van der Waals surface area contributed by atoms with Crippen molar-refractivity contribution in [1.29, 1.82) is 0 Å². The number of ether oxygens (including phenoxy) is 1. The molecule has 0 saturated heterocycles. The van der Waals surface area contributed by atoms with Crippen LogP contribution >= 0.6 is 0 Å². The minimum atomic E-state index is -3.84. The number of rotatable bonds is 6. The van der Waals surface area contributed by atoms with E-state index < -0.39 is 28.5 Å². The molecule has 0 radical (unpaired) electrons. The second-order valence-electron chi connectivity index (χ2n) is 5.25. The molecule has 0 bridgehead atoms. The van der Waals surface area contributed by atoms with Crippen LogP contribution < -0.4 is 10.5 Å². The first-order chi connectivity index (χ1) is 10.8. The number of carbonyl (C=O) groups excluding carboxylic acids is 2. The Labute approximate surface area is 134 Å². The number of anilines is 1. The first-order valence-corrected chi connectivity index (χ1v) is 8.64. The van der Waals surface area contributed by atoms with E-state index in [1.807, 2.05) is 12.2 Å². The minimum Gasteiger partial charge on any atom is -0.456 e. The summed E-state index contributed by atoms with van der Waals surface area (Å²) in [7, 11) is -3.84. The smallest absolute Gasteiger partial charge is 0.306 e. The van der Waals surface area contributed by atoms with Crippen molar-refractivity contribution in [2.75, 3.05) is 11.9 Å². The summed E-state index contributed by atoms with van der Waals surface area (Å²) in [5.41, 5.74) is 0.260. The third kappa shape index (κ3) is 5.50. The molecule has 0 aromatic heterocycles. The lowest BCUT2D eigenvalue weighted by Gasteiger charge is -2.09. The van der Waals surface area contributed by atoms with Crippen LogP contribution in [0.5, 0.6) is 0 Å². The molecule has 0 fully saturated rings. The van der Waals surface area contributed by atoms with E-state index in [2.05, 4.69) is 5.32 Å². The zero-order valence-electron chi connectivity index (χ0n) is 12.4. The number of nitrogens with two attached hydrogens (primary N) is 1. The van der Waals surface area contributed by atoms with Gasteiger partial charge < -0.3 is 10.1 Å². The van der Waals surface area contributed by atoms with E-state index >= 15 is 0 Å². The van der Waals surface area contributed by atoms with Crippen molar-refractivity contribution < 1.29 is 22.7 Å². The third-order valence-electron chi connectivity index (χ3n) is 3.35. The number of hydrogen-bond donors (Lipinski definition) is 2. The molecule has 23 heavy (non-hydrogen) atoms.